The Kier molecular flexibility index (Phi) is 5.91. The highest BCUT2D eigenvalue weighted by Gasteiger charge is 2.21. The monoisotopic (exact) mass is 279 g/mol. The summed E-state index contributed by atoms with van der Waals surface area (Å²) < 4.78 is 51.1. The van der Waals surface area contributed by atoms with Crippen LogP contribution in [0.15, 0.2) is 18.2 Å². The van der Waals surface area contributed by atoms with Crippen LogP contribution in [-0.4, -0.2) is 48.5 Å². The van der Waals surface area contributed by atoms with Crippen molar-refractivity contribution in [2.75, 3.05) is 26.2 Å². The molecule has 0 bridgehead atoms. The Labute approximate surface area is 107 Å². The zero-order chi connectivity index (χ0) is 14.4. The van der Waals surface area contributed by atoms with E-state index in [-0.39, 0.29) is 6.54 Å². The molecular formula is C12H13F4NO2. The molecule has 3 nitrogen and oxygen atoms in total. The number of nitrogens with zero attached hydrogens (tertiary/aromatic N) is 1. The first kappa shape index (κ1) is 15.6. The van der Waals surface area contributed by atoms with Crippen molar-refractivity contribution in [2.24, 2.45) is 0 Å². The third kappa shape index (κ3) is 4.60. The summed E-state index contributed by atoms with van der Waals surface area (Å²) in [6, 6.07) is 2.94. The Balaban J connectivity index is 2.81. The highest BCUT2D eigenvalue weighted by atomic mass is 19.3. The van der Waals surface area contributed by atoms with E-state index >= 15 is 0 Å². The van der Waals surface area contributed by atoms with Gasteiger partial charge in [0.05, 0.1) is 25.3 Å². The second-order valence-electron chi connectivity index (χ2n) is 3.87. The fourth-order valence-corrected chi connectivity index (χ4v) is 1.62. The van der Waals surface area contributed by atoms with Crippen molar-refractivity contribution in [1.29, 1.82) is 0 Å². The predicted octanol–water partition coefficient (Wildman–Crippen LogP) is 1.71. The van der Waals surface area contributed by atoms with Crippen LogP contribution in [0.25, 0.3) is 0 Å². The van der Waals surface area contributed by atoms with E-state index in [1.165, 1.54) is 0 Å². The molecule has 0 radical (unpaired) electrons. The summed E-state index contributed by atoms with van der Waals surface area (Å²) in [6.45, 7) is -1.93. The van der Waals surface area contributed by atoms with Crippen molar-refractivity contribution in [2.45, 2.75) is 6.43 Å². The van der Waals surface area contributed by atoms with Gasteiger partial charge in [-0.1, -0.05) is 6.07 Å². The molecule has 1 aromatic rings. The molecule has 0 spiro atoms. The average Bonchev–Trinajstić information content (AvgIpc) is 2.27. The Hall–Kier alpha value is -1.47. The smallest absolute Gasteiger partial charge is 0.251 e. The van der Waals surface area contributed by atoms with Crippen molar-refractivity contribution in [3.05, 3.63) is 35.4 Å². The fourth-order valence-electron chi connectivity index (χ4n) is 1.62. The average molecular weight is 279 g/mol. The number of hydrogen-bond acceptors (Lipinski definition) is 3. The molecule has 0 aliphatic carbocycles. The molecule has 0 unspecified atom stereocenters. The second-order valence-corrected chi connectivity index (χ2v) is 3.87. The standard InChI is InChI=1S/C12H13F4NO2/c13-8-2-1-3-9(14)12(8)10(19)6-17(4-5-18)7-11(15)16/h1-3,11,18H,4-7H2. The van der Waals surface area contributed by atoms with Crippen LogP contribution in [0.4, 0.5) is 17.6 Å². The van der Waals surface area contributed by atoms with E-state index in [0.717, 1.165) is 23.1 Å². The van der Waals surface area contributed by atoms with E-state index in [2.05, 4.69) is 0 Å². The number of carbonyl (C=O) groups is 1. The quantitative estimate of drug-likeness (QED) is 0.610. The second kappa shape index (κ2) is 7.20. The van der Waals surface area contributed by atoms with Gasteiger partial charge in [-0.2, -0.15) is 0 Å². The van der Waals surface area contributed by atoms with Crippen LogP contribution in [0.5, 0.6) is 0 Å². The lowest BCUT2D eigenvalue weighted by Crippen LogP contribution is -2.36. The van der Waals surface area contributed by atoms with Crippen molar-refractivity contribution in [3.63, 3.8) is 0 Å². The number of hydrogen-bond donors (Lipinski definition) is 1. The molecule has 0 saturated carbocycles. The normalized spacial score (nSPS) is 11.3. The van der Waals surface area contributed by atoms with Crippen LogP contribution in [0.1, 0.15) is 10.4 Å². The minimum absolute atomic E-state index is 0.174. The first-order chi connectivity index (χ1) is 8.95. The van der Waals surface area contributed by atoms with Gasteiger partial charge >= 0.3 is 0 Å². The van der Waals surface area contributed by atoms with Gasteiger partial charge in [0.25, 0.3) is 6.43 Å². The van der Waals surface area contributed by atoms with Crippen molar-refractivity contribution >= 4 is 5.78 Å². The van der Waals surface area contributed by atoms with Crippen LogP contribution in [-0.2, 0) is 0 Å². The molecule has 0 atom stereocenters. The van der Waals surface area contributed by atoms with E-state index < -0.39 is 49.1 Å². The van der Waals surface area contributed by atoms with Crippen LogP contribution in [0, 0.1) is 11.6 Å². The number of aliphatic hydroxyl groups is 1. The number of halogens is 4. The first-order valence-electron chi connectivity index (χ1n) is 5.54. The van der Waals surface area contributed by atoms with Crippen molar-refractivity contribution in [1.82, 2.24) is 4.90 Å². The molecule has 1 aromatic carbocycles. The Morgan fingerprint density at radius 3 is 2.32 bits per heavy atom. The molecule has 1 N–H and O–H groups in total. The third-order valence-electron chi connectivity index (χ3n) is 2.42. The summed E-state index contributed by atoms with van der Waals surface area (Å²) in [5.41, 5.74) is -0.750. The highest BCUT2D eigenvalue weighted by molar-refractivity contribution is 5.98. The molecule has 0 aliphatic heterocycles. The summed E-state index contributed by atoms with van der Waals surface area (Å²) in [5, 5.41) is 8.70. The lowest BCUT2D eigenvalue weighted by atomic mass is 10.1. The van der Waals surface area contributed by atoms with Gasteiger partial charge in [0.15, 0.2) is 5.78 Å². The van der Waals surface area contributed by atoms with Crippen LogP contribution < -0.4 is 0 Å². The number of rotatable bonds is 7. The number of Topliss-reactive ketones (excluding diaryl/α,β-unsaturated/α-hetero) is 1. The maximum atomic E-state index is 13.3. The Morgan fingerprint density at radius 1 is 1.26 bits per heavy atom. The summed E-state index contributed by atoms with van der Waals surface area (Å²) >= 11 is 0. The first-order valence-corrected chi connectivity index (χ1v) is 5.54. The SMILES string of the molecule is O=C(CN(CCO)CC(F)F)c1c(F)cccc1F. The third-order valence-corrected chi connectivity index (χ3v) is 2.42. The number of aliphatic hydroxyl groups excluding tert-OH is 1. The fraction of sp³-hybridized carbons (Fsp3) is 0.417. The van der Waals surface area contributed by atoms with Crippen LogP contribution >= 0.6 is 0 Å². The number of alkyl halides is 2. The zero-order valence-electron chi connectivity index (χ0n) is 9.95. The molecule has 0 aromatic heterocycles. The molecule has 19 heavy (non-hydrogen) atoms. The lowest BCUT2D eigenvalue weighted by molar-refractivity contribution is 0.0685. The molecule has 0 saturated heterocycles. The van der Waals surface area contributed by atoms with Gasteiger partial charge < -0.3 is 5.11 Å². The van der Waals surface area contributed by atoms with Crippen LogP contribution in [0.3, 0.4) is 0 Å². The van der Waals surface area contributed by atoms with E-state index in [4.69, 9.17) is 5.11 Å². The van der Waals surface area contributed by atoms with Crippen LogP contribution in [0.2, 0.25) is 0 Å². The van der Waals surface area contributed by atoms with E-state index in [1.54, 1.807) is 0 Å². The minimum Gasteiger partial charge on any atom is -0.395 e. The van der Waals surface area contributed by atoms with E-state index in [0.29, 0.717) is 0 Å². The Morgan fingerprint density at radius 2 is 1.84 bits per heavy atom. The van der Waals surface area contributed by atoms with Crippen molar-refractivity contribution < 1.29 is 27.5 Å². The highest BCUT2D eigenvalue weighted by Crippen LogP contribution is 2.13. The zero-order valence-corrected chi connectivity index (χ0v) is 9.95. The van der Waals surface area contributed by atoms with Gasteiger partial charge in [-0.05, 0) is 12.1 Å². The van der Waals surface area contributed by atoms with Gasteiger partial charge in [0.2, 0.25) is 0 Å². The lowest BCUT2D eigenvalue weighted by Gasteiger charge is -2.20. The largest absolute Gasteiger partial charge is 0.395 e. The number of benzene rings is 1. The van der Waals surface area contributed by atoms with Crippen molar-refractivity contribution in [3.8, 4) is 0 Å². The summed E-state index contributed by atoms with van der Waals surface area (Å²) in [6.07, 6.45) is -2.70. The van der Waals surface area contributed by atoms with E-state index in [1.807, 2.05) is 0 Å². The summed E-state index contributed by atoms with van der Waals surface area (Å²) in [7, 11) is 0. The molecule has 0 amide bonds. The van der Waals surface area contributed by atoms with Gasteiger partial charge in [-0.25, -0.2) is 17.6 Å². The molecule has 7 heteroatoms. The predicted molar refractivity (Wildman–Crippen MR) is 60.2 cm³/mol. The van der Waals surface area contributed by atoms with Gasteiger partial charge in [0.1, 0.15) is 11.6 Å². The number of ketones is 1. The molecule has 0 fully saturated rings. The molecule has 106 valence electrons. The van der Waals surface area contributed by atoms with E-state index in [9.17, 15) is 22.4 Å². The number of carbonyl (C=O) groups excluding carboxylic acids is 1. The molecule has 0 heterocycles. The summed E-state index contributed by atoms with van der Waals surface area (Å²) in [4.78, 5) is 12.6. The van der Waals surface area contributed by atoms with Gasteiger partial charge in [0, 0.05) is 6.54 Å². The van der Waals surface area contributed by atoms with Gasteiger partial charge in [-0.15, -0.1) is 0 Å². The Bertz CT molecular complexity index is 419. The molecule has 0 aliphatic rings. The topological polar surface area (TPSA) is 40.5 Å². The summed E-state index contributed by atoms with van der Waals surface area (Å²) in [5.74, 6) is -3.01. The molecular weight excluding hydrogens is 266 g/mol. The van der Waals surface area contributed by atoms with Gasteiger partial charge in [-0.3, -0.25) is 9.69 Å². The maximum absolute atomic E-state index is 13.3. The molecule has 1 rings (SSSR count). The minimum atomic E-state index is -2.70. The maximum Gasteiger partial charge on any atom is 0.251 e.